The number of amides is 2. The van der Waals surface area contributed by atoms with Crippen LogP contribution in [0.1, 0.15) is 50.5 Å². The molecule has 1 fully saturated rings. The van der Waals surface area contributed by atoms with Gasteiger partial charge in [-0.1, -0.05) is 43.2 Å². The van der Waals surface area contributed by atoms with Crippen molar-refractivity contribution in [2.75, 3.05) is 19.6 Å². The number of unbranched alkanes of at least 4 members (excludes halogenated alkanes) is 1. The number of carbonyl (C=O) groups excluding carboxylic acids is 2. The Balaban J connectivity index is 1.73. The number of nitrogens with one attached hydrogen (secondary N) is 4. The number of rotatable bonds is 11. The number of hydrogen-bond donors (Lipinski definition) is 5. The third kappa shape index (κ3) is 6.55. The second-order valence-electron chi connectivity index (χ2n) is 7.44. The molecule has 1 aliphatic carbocycles. The molecule has 0 aromatic heterocycles. The molecular formula is C21H33N5O2. The maximum absolute atomic E-state index is 12.8. The van der Waals surface area contributed by atoms with Crippen molar-refractivity contribution in [1.29, 1.82) is 5.41 Å². The standard InChI is InChI=1S/C21H33N5O2/c22-20(23)26-15-7-6-14-24-18(27)21(12-4-5-13-21)19(28)25-16-8-11-17-9-2-1-3-10-17/h1-3,9-10H,4-8,11-16H2,(H,24,27)(H,25,28)(H4,22,23,26). The molecule has 7 heteroatoms. The molecule has 0 bridgehead atoms. The van der Waals surface area contributed by atoms with E-state index in [4.69, 9.17) is 11.1 Å². The molecule has 28 heavy (non-hydrogen) atoms. The Morgan fingerprint density at radius 1 is 0.893 bits per heavy atom. The molecule has 6 N–H and O–H groups in total. The third-order valence-corrected chi connectivity index (χ3v) is 5.30. The fourth-order valence-electron chi connectivity index (χ4n) is 3.69. The van der Waals surface area contributed by atoms with Crippen molar-refractivity contribution >= 4 is 17.8 Å². The average molecular weight is 388 g/mol. The van der Waals surface area contributed by atoms with Gasteiger partial charge in [0.1, 0.15) is 5.41 Å². The summed E-state index contributed by atoms with van der Waals surface area (Å²) < 4.78 is 0. The quantitative estimate of drug-likeness (QED) is 0.172. The van der Waals surface area contributed by atoms with Crippen molar-refractivity contribution in [2.45, 2.75) is 51.4 Å². The highest BCUT2D eigenvalue weighted by Crippen LogP contribution is 2.38. The zero-order valence-corrected chi connectivity index (χ0v) is 16.6. The van der Waals surface area contributed by atoms with E-state index >= 15 is 0 Å². The van der Waals surface area contributed by atoms with Crippen LogP contribution in [0.5, 0.6) is 0 Å². The van der Waals surface area contributed by atoms with Crippen LogP contribution in [0, 0.1) is 10.8 Å². The summed E-state index contributed by atoms with van der Waals surface area (Å²) in [5.74, 6) is -0.322. The van der Waals surface area contributed by atoms with Crippen molar-refractivity contribution in [3.8, 4) is 0 Å². The first-order chi connectivity index (χ1) is 13.5. The Hall–Kier alpha value is -2.57. The van der Waals surface area contributed by atoms with Gasteiger partial charge in [-0.15, -0.1) is 0 Å². The van der Waals surface area contributed by atoms with E-state index in [1.165, 1.54) is 5.56 Å². The number of benzene rings is 1. The van der Waals surface area contributed by atoms with Gasteiger partial charge in [-0.05, 0) is 44.1 Å². The van der Waals surface area contributed by atoms with E-state index in [1.807, 2.05) is 18.2 Å². The lowest BCUT2D eigenvalue weighted by Crippen LogP contribution is -2.50. The molecule has 1 aromatic rings. The van der Waals surface area contributed by atoms with Crippen LogP contribution in [0.25, 0.3) is 0 Å². The highest BCUT2D eigenvalue weighted by atomic mass is 16.2. The van der Waals surface area contributed by atoms with Gasteiger partial charge >= 0.3 is 0 Å². The molecule has 2 rings (SSSR count). The molecule has 0 atom stereocenters. The van der Waals surface area contributed by atoms with Crippen LogP contribution in [-0.2, 0) is 16.0 Å². The highest BCUT2D eigenvalue weighted by molar-refractivity contribution is 6.05. The minimum absolute atomic E-state index is 0.0436. The summed E-state index contributed by atoms with van der Waals surface area (Å²) in [5.41, 5.74) is 5.57. The summed E-state index contributed by atoms with van der Waals surface area (Å²) in [7, 11) is 0. The topological polar surface area (TPSA) is 120 Å². The van der Waals surface area contributed by atoms with E-state index in [1.54, 1.807) is 0 Å². The predicted molar refractivity (Wildman–Crippen MR) is 111 cm³/mol. The fourth-order valence-corrected chi connectivity index (χ4v) is 3.69. The highest BCUT2D eigenvalue weighted by Gasteiger charge is 2.47. The van der Waals surface area contributed by atoms with Gasteiger partial charge in [-0.25, -0.2) is 0 Å². The Morgan fingerprint density at radius 3 is 2.00 bits per heavy atom. The van der Waals surface area contributed by atoms with Crippen molar-refractivity contribution in [1.82, 2.24) is 16.0 Å². The Bertz CT molecular complexity index is 641. The average Bonchev–Trinajstić information content (AvgIpc) is 3.19. The molecule has 0 spiro atoms. The smallest absolute Gasteiger partial charge is 0.235 e. The van der Waals surface area contributed by atoms with E-state index in [2.05, 4.69) is 28.1 Å². The Kier molecular flexibility index (Phi) is 8.78. The van der Waals surface area contributed by atoms with Crippen molar-refractivity contribution in [2.24, 2.45) is 11.1 Å². The molecule has 0 aliphatic heterocycles. The predicted octanol–water partition coefficient (Wildman–Crippen LogP) is 1.68. The van der Waals surface area contributed by atoms with Gasteiger partial charge in [0.05, 0.1) is 0 Å². The molecule has 154 valence electrons. The number of aryl methyl sites for hydroxylation is 1. The SMILES string of the molecule is N=C(N)NCCCCNC(=O)C1(C(=O)NCCCc2ccccc2)CCCC1. The normalized spacial score (nSPS) is 15.0. The van der Waals surface area contributed by atoms with E-state index in [0.717, 1.165) is 38.5 Å². The van der Waals surface area contributed by atoms with E-state index in [0.29, 0.717) is 32.5 Å². The summed E-state index contributed by atoms with van der Waals surface area (Å²) in [6, 6.07) is 10.2. The molecule has 1 saturated carbocycles. The van der Waals surface area contributed by atoms with Gasteiger partial charge in [-0.3, -0.25) is 15.0 Å². The summed E-state index contributed by atoms with van der Waals surface area (Å²) >= 11 is 0. The van der Waals surface area contributed by atoms with Gasteiger partial charge in [0.15, 0.2) is 5.96 Å². The monoisotopic (exact) mass is 387 g/mol. The minimum Gasteiger partial charge on any atom is -0.370 e. The fraction of sp³-hybridized carbons (Fsp3) is 0.571. The Labute approximate surface area is 167 Å². The van der Waals surface area contributed by atoms with Crippen LogP contribution in [0.4, 0.5) is 0 Å². The first-order valence-corrected chi connectivity index (χ1v) is 10.2. The van der Waals surface area contributed by atoms with Crippen LogP contribution < -0.4 is 21.7 Å². The van der Waals surface area contributed by atoms with Crippen LogP contribution in [-0.4, -0.2) is 37.4 Å². The van der Waals surface area contributed by atoms with Crippen LogP contribution in [0.15, 0.2) is 30.3 Å². The number of carbonyl (C=O) groups is 2. The van der Waals surface area contributed by atoms with Gasteiger partial charge < -0.3 is 21.7 Å². The molecule has 0 saturated heterocycles. The zero-order valence-electron chi connectivity index (χ0n) is 16.6. The van der Waals surface area contributed by atoms with E-state index < -0.39 is 5.41 Å². The molecule has 7 nitrogen and oxygen atoms in total. The molecule has 2 amide bonds. The number of hydrogen-bond acceptors (Lipinski definition) is 3. The molecule has 0 heterocycles. The maximum Gasteiger partial charge on any atom is 0.235 e. The lowest BCUT2D eigenvalue weighted by Gasteiger charge is -2.26. The van der Waals surface area contributed by atoms with Gasteiger partial charge in [0.25, 0.3) is 0 Å². The second kappa shape index (κ2) is 11.3. The Morgan fingerprint density at radius 2 is 1.43 bits per heavy atom. The second-order valence-corrected chi connectivity index (χ2v) is 7.44. The van der Waals surface area contributed by atoms with Crippen LogP contribution in [0.2, 0.25) is 0 Å². The first kappa shape index (κ1) is 21.7. The molecule has 0 radical (unpaired) electrons. The zero-order chi connectivity index (χ0) is 20.2. The lowest BCUT2D eigenvalue weighted by atomic mass is 9.83. The third-order valence-electron chi connectivity index (χ3n) is 5.30. The van der Waals surface area contributed by atoms with Crippen LogP contribution >= 0.6 is 0 Å². The summed E-state index contributed by atoms with van der Waals surface area (Å²) in [4.78, 5) is 25.6. The minimum atomic E-state index is -0.912. The van der Waals surface area contributed by atoms with Crippen molar-refractivity contribution < 1.29 is 9.59 Å². The summed E-state index contributed by atoms with van der Waals surface area (Å²) in [6.45, 7) is 1.72. The summed E-state index contributed by atoms with van der Waals surface area (Å²) in [5, 5.41) is 15.8. The van der Waals surface area contributed by atoms with Crippen LogP contribution in [0.3, 0.4) is 0 Å². The molecule has 1 aromatic carbocycles. The largest absolute Gasteiger partial charge is 0.370 e. The van der Waals surface area contributed by atoms with Gasteiger partial charge in [-0.2, -0.15) is 0 Å². The van der Waals surface area contributed by atoms with Crippen molar-refractivity contribution in [3.63, 3.8) is 0 Å². The van der Waals surface area contributed by atoms with Gasteiger partial charge in [0, 0.05) is 19.6 Å². The number of nitrogens with two attached hydrogens (primary N) is 1. The van der Waals surface area contributed by atoms with E-state index in [-0.39, 0.29) is 17.8 Å². The molecule has 1 aliphatic rings. The first-order valence-electron chi connectivity index (χ1n) is 10.2. The maximum atomic E-state index is 12.8. The lowest BCUT2D eigenvalue weighted by molar-refractivity contribution is -0.143. The van der Waals surface area contributed by atoms with E-state index in [9.17, 15) is 9.59 Å². The van der Waals surface area contributed by atoms with Gasteiger partial charge in [0.2, 0.25) is 11.8 Å². The number of guanidine groups is 1. The molecular weight excluding hydrogens is 354 g/mol. The molecule has 0 unspecified atom stereocenters. The summed E-state index contributed by atoms with van der Waals surface area (Å²) in [6.07, 6.45) is 6.41. The van der Waals surface area contributed by atoms with Crippen molar-refractivity contribution in [3.05, 3.63) is 35.9 Å².